The molecule has 0 radical (unpaired) electrons. The third-order valence-electron chi connectivity index (χ3n) is 1.51. The fourth-order valence-electron chi connectivity index (χ4n) is 1.06. The fraction of sp³-hybridized carbons (Fsp3) is 0.900. The van der Waals surface area contributed by atoms with Crippen LogP contribution in [0, 0.1) is 0 Å². The minimum absolute atomic E-state index is 0.147. The second kappa shape index (κ2) is 5.63. The van der Waals surface area contributed by atoms with Crippen LogP contribution in [0.4, 0.5) is 0 Å². The fourth-order valence-corrected chi connectivity index (χ4v) is 1.75. The standard InChI is InChI=1S/C10H20O5S/c1-8(15-16(5,12)13)6-7-9(11)14-10(2,3)4/h8H,6-7H2,1-5H3. The zero-order valence-electron chi connectivity index (χ0n) is 10.4. The minimum Gasteiger partial charge on any atom is -0.460 e. The lowest BCUT2D eigenvalue weighted by molar-refractivity contribution is -0.155. The van der Waals surface area contributed by atoms with Gasteiger partial charge in [0.2, 0.25) is 0 Å². The maximum absolute atomic E-state index is 11.3. The molecule has 1 unspecified atom stereocenters. The molecule has 0 aromatic heterocycles. The van der Waals surface area contributed by atoms with Crippen molar-refractivity contribution in [3.05, 3.63) is 0 Å². The lowest BCUT2D eigenvalue weighted by Gasteiger charge is -2.20. The van der Waals surface area contributed by atoms with Gasteiger partial charge in [-0.15, -0.1) is 0 Å². The SMILES string of the molecule is CC(CCC(=O)OC(C)(C)C)OS(C)(=O)=O. The van der Waals surface area contributed by atoms with Gasteiger partial charge in [-0.1, -0.05) is 0 Å². The molecule has 6 heteroatoms. The minimum atomic E-state index is -3.46. The number of carbonyl (C=O) groups is 1. The maximum atomic E-state index is 11.3. The highest BCUT2D eigenvalue weighted by Gasteiger charge is 2.18. The zero-order valence-corrected chi connectivity index (χ0v) is 11.3. The molecule has 0 N–H and O–H groups in total. The van der Waals surface area contributed by atoms with Crippen LogP contribution in [0.2, 0.25) is 0 Å². The van der Waals surface area contributed by atoms with E-state index in [0.29, 0.717) is 6.42 Å². The molecule has 0 saturated carbocycles. The molecule has 16 heavy (non-hydrogen) atoms. The second-order valence-corrected chi connectivity index (χ2v) is 6.34. The summed E-state index contributed by atoms with van der Waals surface area (Å²) in [6, 6.07) is 0. The van der Waals surface area contributed by atoms with Crippen molar-refractivity contribution in [3.8, 4) is 0 Å². The Morgan fingerprint density at radius 3 is 2.19 bits per heavy atom. The number of rotatable bonds is 5. The lowest BCUT2D eigenvalue weighted by Crippen LogP contribution is -2.24. The summed E-state index contributed by atoms with van der Waals surface area (Å²) in [6.45, 7) is 6.94. The van der Waals surface area contributed by atoms with E-state index in [0.717, 1.165) is 6.26 Å². The summed E-state index contributed by atoms with van der Waals surface area (Å²) in [5.74, 6) is -0.351. The summed E-state index contributed by atoms with van der Waals surface area (Å²) in [5, 5.41) is 0. The van der Waals surface area contributed by atoms with Crippen molar-refractivity contribution in [3.63, 3.8) is 0 Å². The van der Waals surface area contributed by atoms with Crippen molar-refractivity contribution < 1.29 is 22.1 Å². The first-order valence-corrected chi connectivity index (χ1v) is 6.91. The van der Waals surface area contributed by atoms with E-state index in [4.69, 9.17) is 4.74 Å². The van der Waals surface area contributed by atoms with Crippen molar-refractivity contribution in [1.82, 2.24) is 0 Å². The van der Waals surface area contributed by atoms with Crippen LogP contribution in [-0.4, -0.2) is 32.3 Å². The predicted molar refractivity (Wildman–Crippen MR) is 60.5 cm³/mol. The number of hydrogen-bond donors (Lipinski definition) is 0. The first kappa shape index (κ1) is 15.4. The van der Waals surface area contributed by atoms with Crippen LogP contribution >= 0.6 is 0 Å². The molecular weight excluding hydrogens is 232 g/mol. The third kappa shape index (κ3) is 9.92. The molecule has 5 nitrogen and oxygen atoms in total. The molecule has 0 spiro atoms. The number of carbonyl (C=O) groups excluding carboxylic acids is 1. The molecule has 0 bridgehead atoms. The van der Waals surface area contributed by atoms with Gasteiger partial charge in [0.25, 0.3) is 10.1 Å². The Balaban J connectivity index is 3.94. The van der Waals surface area contributed by atoms with Crippen molar-refractivity contribution in [2.45, 2.75) is 52.2 Å². The monoisotopic (exact) mass is 252 g/mol. The number of hydrogen-bond acceptors (Lipinski definition) is 5. The normalized spacial score (nSPS) is 14.6. The largest absolute Gasteiger partial charge is 0.460 e. The Kier molecular flexibility index (Phi) is 5.41. The molecule has 0 heterocycles. The van der Waals surface area contributed by atoms with E-state index in [1.807, 2.05) is 0 Å². The first-order chi connectivity index (χ1) is 6.99. The van der Waals surface area contributed by atoms with Crippen LogP contribution in [0.15, 0.2) is 0 Å². The van der Waals surface area contributed by atoms with E-state index in [1.165, 1.54) is 0 Å². The molecule has 0 aromatic rings. The Morgan fingerprint density at radius 1 is 1.31 bits per heavy atom. The van der Waals surface area contributed by atoms with E-state index >= 15 is 0 Å². The third-order valence-corrected chi connectivity index (χ3v) is 2.19. The average Bonchev–Trinajstić information content (AvgIpc) is 1.94. The van der Waals surface area contributed by atoms with E-state index < -0.39 is 21.8 Å². The van der Waals surface area contributed by atoms with Crippen molar-refractivity contribution >= 4 is 16.1 Å². The Hall–Kier alpha value is -0.620. The van der Waals surface area contributed by atoms with Crippen molar-refractivity contribution in [1.29, 1.82) is 0 Å². The summed E-state index contributed by atoms with van der Waals surface area (Å²) in [6.07, 6.45) is 0.940. The van der Waals surface area contributed by atoms with Crippen LogP contribution in [0.1, 0.15) is 40.5 Å². The van der Waals surface area contributed by atoms with E-state index in [1.54, 1.807) is 27.7 Å². The van der Waals surface area contributed by atoms with Gasteiger partial charge in [0.1, 0.15) is 5.60 Å². The molecule has 0 aliphatic heterocycles. The highest BCUT2D eigenvalue weighted by Crippen LogP contribution is 2.11. The van der Waals surface area contributed by atoms with Crippen LogP contribution in [0.25, 0.3) is 0 Å². The van der Waals surface area contributed by atoms with Gasteiger partial charge in [0.05, 0.1) is 12.4 Å². The molecule has 96 valence electrons. The topological polar surface area (TPSA) is 69.7 Å². The summed E-state index contributed by atoms with van der Waals surface area (Å²) < 4.78 is 31.3. The molecular formula is C10H20O5S. The van der Waals surface area contributed by atoms with Gasteiger partial charge in [-0.2, -0.15) is 8.42 Å². The Bertz CT molecular complexity index is 326. The summed E-state index contributed by atoms with van der Waals surface area (Å²) in [7, 11) is -3.46. The molecule has 1 atom stereocenters. The smallest absolute Gasteiger partial charge is 0.306 e. The molecule has 0 fully saturated rings. The lowest BCUT2D eigenvalue weighted by atomic mass is 10.2. The molecule has 0 rings (SSSR count). The second-order valence-electron chi connectivity index (χ2n) is 4.74. The van der Waals surface area contributed by atoms with Gasteiger partial charge in [-0.05, 0) is 34.1 Å². The number of esters is 1. The van der Waals surface area contributed by atoms with Gasteiger partial charge < -0.3 is 4.74 Å². The van der Waals surface area contributed by atoms with Crippen LogP contribution < -0.4 is 0 Å². The van der Waals surface area contributed by atoms with E-state index in [2.05, 4.69) is 4.18 Å². The van der Waals surface area contributed by atoms with Crippen molar-refractivity contribution in [2.75, 3.05) is 6.26 Å². The van der Waals surface area contributed by atoms with Crippen molar-refractivity contribution in [2.24, 2.45) is 0 Å². The molecule has 0 amide bonds. The maximum Gasteiger partial charge on any atom is 0.306 e. The van der Waals surface area contributed by atoms with Gasteiger partial charge >= 0.3 is 5.97 Å². The predicted octanol–water partition coefficient (Wildman–Crippen LogP) is 1.47. The summed E-state index contributed by atoms with van der Waals surface area (Å²) in [5.41, 5.74) is -0.516. The first-order valence-electron chi connectivity index (χ1n) is 5.10. The summed E-state index contributed by atoms with van der Waals surface area (Å²) >= 11 is 0. The Labute approximate surface area is 97.2 Å². The highest BCUT2D eigenvalue weighted by molar-refractivity contribution is 7.86. The van der Waals surface area contributed by atoms with Crippen LogP contribution in [0.5, 0.6) is 0 Å². The van der Waals surface area contributed by atoms with E-state index in [9.17, 15) is 13.2 Å². The van der Waals surface area contributed by atoms with Gasteiger partial charge in [-0.3, -0.25) is 8.98 Å². The zero-order chi connectivity index (χ0) is 13.0. The van der Waals surface area contributed by atoms with Gasteiger partial charge in [-0.25, -0.2) is 0 Å². The van der Waals surface area contributed by atoms with Gasteiger partial charge in [0, 0.05) is 6.42 Å². The molecule has 0 aromatic carbocycles. The van der Waals surface area contributed by atoms with E-state index in [-0.39, 0.29) is 12.4 Å². The average molecular weight is 252 g/mol. The molecule has 0 aliphatic rings. The van der Waals surface area contributed by atoms with Gasteiger partial charge in [0.15, 0.2) is 0 Å². The van der Waals surface area contributed by atoms with Crippen LogP contribution in [-0.2, 0) is 23.8 Å². The van der Waals surface area contributed by atoms with Crippen LogP contribution in [0.3, 0.4) is 0 Å². The Morgan fingerprint density at radius 2 is 1.81 bits per heavy atom. The molecule has 0 aliphatic carbocycles. The summed E-state index contributed by atoms with van der Waals surface area (Å²) in [4.78, 5) is 11.3. The number of ether oxygens (including phenoxy) is 1. The highest BCUT2D eigenvalue weighted by atomic mass is 32.2. The molecule has 0 saturated heterocycles. The quantitative estimate of drug-likeness (QED) is 0.547.